The zero-order valence-corrected chi connectivity index (χ0v) is 24.0. The zero-order chi connectivity index (χ0) is 28.5. The Bertz CT molecular complexity index is 1310. The molecule has 0 saturated heterocycles. The normalized spacial score (nSPS) is 11.9. The van der Waals surface area contributed by atoms with Gasteiger partial charge in [0.25, 0.3) is 0 Å². The first-order valence-electron chi connectivity index (χ1n) is 13.8. The van der Waals surface area contributed by atoms with E-state index in [4.69, 9.17) is 21.5 Å². The van der Waals surface area contributed by atoms with Crippen molar-refractivity contribution in [3.63, 3.8) is 0 Å². The van der Waals surface area contributed by atoms with Crippen molar-refractivity contribution in [1.29, 1.82) is 0 Å². The molecule has 0 heterocycles. The molecular formula is C34H40N6. The van der Waals surface area contributed by atoms with Crippen LogP contribution in [-0.4, -0.2) is 25.0 Å². The summed E-state index contributed by atoms with van der Waals surface area (Å²) >= 11 is 0. The van der Waals surface area contributed by atoms with Crippen molar-refractivity contribution in [3.05, 3.63) is 119 Å². The standard InChI is InChI=1S/C34H40N6/c1-25-7-15-29(16-8-25)37-33(35)39(31-19-11-27(3)12-20-31)23-5-6-24-40(32-21-13-28(4)14-22-32)34(36)38-30-17-9-26(2)10-18-30/h7-22H,5-6,23-24H2,1-4H3,(H2,35,37)(H2,36,38). The van der Waals surface area contributed by atoms with Crippen LogP contribution in [0.25, 0.3) is 0 Å². The molecule has 6 nitrogen and oxygen atoms in total. The predicted octanol–water partition coefficient (Wildman–Crippen LogP) is 7.31. The lowest BCUT2D eigenvalue weighted by Crippen LogP contribution is -2.40. The summed E-state index contributed by atoms with van der Waals surface area (Å²) < 4.78 is 0. The molecule has 4 N–H and O–H groups in total. The van der Waals surface area contributed by atoms with Crippen LogP contribution in [-0.2, 0) is 0 Å². The average molecular weight is 533 g/mol. The van der Waals surface area contributed by atoms with Gasteiger partial charge in [0.15, 0.2) is 0 Å². The summed E-state index contributed by atoms with van der Waals surface area (Å²) in [5.41, 5.74) is 21.7. The summed E-state index contributed by atoms with van der Waals surface area (Å²) in [6, 6.07) is 32.9. The Morgan fingerprint density at radius 3 is 1.05 bits per heavy atom. The molecule has 4 aromatic carbocycles. The Hall–Kier alpha value is -4.58. The molecule has 0 atom stereocenters. The van der Waals surface area contributed by atoms with Crippen LogP contribution in [0.3, 0.4) is 0 Å². The van der Waals surface area contributed by atoms with E-state index in [1.54, 1.807) is 0 Å². The van der Waals surface area contributed by atoms with E-state index in [1.807, 2.05) is 48.5 Å². The molecule has 0 aromatic heterocycles. The average Bonchev–Trinajstić information content (AvgIpc) is 2.94. The maximum atomic E-state index is 6.58. The molecule has 0 spiro atoms. The van der Waals surface area contributed by atoms with Crippen LogP contribution in [0.2, 0.25) is 0 Å². The lowest BCUT2D eigenvalue weighted by Gasteiger charge is -2.26. The van der Waals surface area contributed by atoms with Crippen LogP contribution in [0.1, 0.15) is 35.1 Å². The van der Waals surface area contributed by atoms with Crippen molar-refractivity contribution in [2.24, 2.45) is 21.5 Å². The second-order valence-electron chi connectivity index (χ2n) is 10.3. The maximum Gasteiger partial charge on any atom is 0.201 e. The molecule has 6 heteroatoms. The molecule has 0 unspecified atom stereocenters. The third kappa shape index (κ3) is 7.96. The van der Waals surface area contributed by atoms with Gasteiger partial charge in [0.1, 0.15) is 0 Å². The smallest absolute Gasteiger partial charge is 0.201 e. The van der Waals surface area contributed by atoms with E-state index < -0.39 is 0 Å². The van der Waals surface area contributed by atoms with Gasteiger partial charge in [-0.15, -0.1) is 0 Å². The van der Waals surface area contributed by atoms with Gasteiger partial charge in [-0.3, -0.25) is 0 Å². The highest BCUT2D eigenvalue weighted by molar-refractivity contribution is 5.97. The highest BCUT2D eigenvalue weighted by Gasteiger charge is 2.14. The monoisotopic (exact) mass is 532 g/mol. The Labute approximate surface area is 238 Å². The molecule has 40 heavy (non-hydrogen) atoms. The molecule has 206 valence electrons. The second kappa shape index (κ2) is 13.5. The maximum absolute atomic E-state index is 6.58. The van der Waals surface area contributed by atoms with Gasteiger partial charge in [-0.05, 0) is 89.1 Å². The third-order valence-corrected chi connectivity index (χ3v) is 6.81. The van der Waals surface area contributed by atoms with Crippen molar-refractivity contribution in [2.45, 2.75) is 40.5 Å². The number of benzene rings is 4. The first kappa shape index (κ1) is 28.4. The number of nitrogens with zero attached hydrogens (tertiary/aromatic N) is 4. The van der Waals surface area contributed by atoms with Crippen LogP contribution in [0.15, 0.2) is 107 Å². The summed E-state index contributed by atoms with van der Waals surface area (Å²) in [4.78, 5) is 13.6. The van der Waals surface area contributed by atoms with Crippen LogP contribution in [0.4, 0.5) is 22.7 Å². The number of aliphatic imine (C=N–C) groups is 2. The highest BCUT2D eigenvalue weighted by Crippen LogP contribution is 2.21. The van der Waals surface area contributed by atoms with Crippen molar-refractivity contribution >= 4 is 34.7 Å². The van der Waals surface area contributed by atoms with Crippen molar-refractivity contribution in [1.82, 2.24) is 0 Å². The minimum Gasteiger partial charge on any atom is -0.369 e. The third-order valence-electron chi connectivity index (χ3n) is 6.81. The molecule has 0 aliphatic heterocycles. The fraction of sp³-hybridized carbons (Fsp3) is 0.235. The number of hydrogen-bond donors (Lipinski definition) is 2. The Morgan fingerprint density at radius 1 is 0.475 bits per heavy atom. The van der Waals surface area contributed by atoms with E-state index in [0.717, 1.165) is 48.7 Å². The molecular weight excluding hydrogens is 492 g/mol. The molecule has 0 bridgehead atoms. The van der Waals surface area contributed by atoms with Gasteiger partial charge in [0.05, 0.1) is 11.4 Å². The summed E-state index contributed by atoms with van der Waals surface area (Å²) in [5, 5.41) is 0. The van der Waals surface area contributed by atoms with E-state index >= 15 is 0 Å². The van der Waals surface area contributed by atoms with Gasteiger partial charge in [0.2, 0.25) is 11.9 Å². The van der Waals surface area contributed by atoms with Crippen molar-refractivity contribution < 1.29 is 0 Å². The molecule has 0 radical (unpaired) electrons. The lowest BCUT2D eigenvalue weighted by atomic mass is 10.2. The molecule has 0 fully saturated rings. The van der Waals surface area contributed by atoms with Gasteiger partial charge >= 0.3 is 0 Å². The van der Waals surface area contributed by atoms with Gasteiger partial charge in [0, 0.05) is 24.5 Å². The number of nitrogens with two attached hydrogens (primary N) is 2. The van der Waals surface area contributed by atoms with E-state index in [0.29, 0.717) is 11.9 Å². The van der Waals surface area contributed by atoms with Crippen LogP contribution < -0.4 is 21.3 Å². The molecule has 4 rings (SSSR count). The Balaban J connectivity index is 1.50. The summed E-state index contributed by atoms with van der Waals surface area (Å²) in [6.07, 6.45) is 1.77. The Morgan fingerprint density at radius 2 is 0.750 bits per heavy atom. The van der Waals surface area contributed by atoms with Crippen molar-refractivity contribution in [2.75, 3.05) is 22.9 Å². The predicted molar refractivity (Wildman–Crippen MR) is 171 cm³/mol. The van der Waals surface area contributed by atoms with Crippen LogP contribution in [0, 0.1) is 27.7 Å². The quantitative estimate of drug-likeness (QED) is 0.135. The molecule has 0 amide bonds. The minimum atomic E-state index is 0.476. The van der Waals surface area contributed by atoms with Gasteiger partial charge in [-0.25, -0.2) is 9.98 Å². The van der Waals surface area contributed by atoms with E-state index in [9.17, 15) is 0 Å². The van der Waals surface area contributed by atoms with E-state index in [1.165, 1.54) is 22.3 Å². The van der Waals surface area contributed by atoms with Crippen LogP contribution in [0.5, 0.6) is 0 Å². The van der Waals surface area contributed by atoms with Crippen molar-refractivity contribution in [3.8, 4) is 0 Å². The molecule has 4 aromatic rings. The molecule has 0 saturated carbocycles. The molecule has 0 aliphatic carbocycles. The lowest BCUT2D eigenvalue weighted by molar-refractivity contribution is 0.738. The second-order valence-corrected chi connectivity index (χ2v) is 10.3. The summed E-state index contributed by atoms with van der Waals surface area (Å²) in [7, 11) is 0. The topological polar surface area (TPSA) is 83.2 Å². The van der Waals surface area contributed by atoms with Gasteiger partial charge in [-0.1, -0.05) is 70.8 Å². The number of hydrogen-bond acceptors (Lipinski definition) is 2. The largest absolute Gasteiger partial charge is 0.369 e. The zero-order valence-electron chi connectivity index (χ0n) is 24.0. The first-order valence-corrected chi connectivity index (χ1v) is 13.8. The number of anilines is 2. The fourth-order valence-electron chi connectivity index (χ4n) is 4.36. The molecule has 0 aliphatic rings. The highest BCUT2D eigenvalue weighted by atomic mass is 15.3. The Kier molecular flexibility index (Phi) is 9.57. The SMILES string of the molecule is Cc1ccc(N=C(N)N(CCCCN(C(N)=Nc2ccc(C)cc2)c2ccc(C)cc2)c2ccc(C)cc2)cc1. The van der Waals surface area contributed by atoms with Gasteiger partial charge in [-0.2, -0.15) is 0 Å². The number of rotatable bonds is 9. The number of guanidine groups is 2. The number of unbranched alkanes of at least 4 members (excludes halogenated alkanes) is 1. The fourth-order valence-corrected chi connectivity index (χ4v) is 4.36. The first-order chi connectivity index (χ1) is 19.3. The van der Waals surface area contributed by atoms with Gasteiger partial charge < -0.3 is 21.3 Å². The summed E-state index contributed by atoms with van der Waals surface area (Å²) in [5.74, 6) is 0.951. The van der Waals surface area contributed by atoms with E-state index in [-0.39, 0.29) is 0 Å². The number of aryl methyl sites for hydroxylation is 4. The van der Waals surface area contributed by atoms with E-state index in [2.05, 4.69) is 86.0 Å². The summed E-state index contributed by atoms with van der Waals surface area (Å²) in [6.45, 7) is 9.74. The van der Waals surface area contributed by atoms with Crippen LogP contribution >= 0.6 is 0 Å². The minimum absolute atomic E-state index is 0.476.